The van der Waals surface area contributed by atoms with Crippen molar-refractivity contribution < 1.29 is 28.7 Å². The quantitative estimate of drug-likeness (QED) is 0.774. The Morgan fingerprint density at radius 1 is 1.04 bits per heavy atom. The number of carbonyl (C=O) groups is 3. The molecule has 25 heavy (non-hydrogen) atoms. The molecule has 0 bridgehead atoms. The molecule has 2 aromatic rings. The highest BCUT2D eigenvalue weighted by molar-refractivity contribution is 6.20. The van der Waals surface area contributed by atoms with Crippen LogP contribution in [0.15, 0.2) is 36.4 Å². The highest BCUT2D eigenvalue weighted by Crippen LogP contribution is 2.28. The summed E-state index contributed by atoms with van der Waals surface area (Å²) in [5.41, 5.74) is 0.793. The van der Waals surface area contributed by atoms with Gasteiger partial charge < -0.3 is 14.3 Å². The van der Waals surface area contributed by atoms with Crippen LogP contribution in [0.25, 0.3) is 0 Å². The topological polar surface area (TPSA) is 95.0 Å². The van der Waals surface area contributed by atoms with Gasteiger partial charge in [-0.1, -0.05) is 17.2 Å². The summed E-state index contributed by atoms with van der Waals surface area (Å²) in [5.74, 6) is -1.30. The molecule has 2 aliphatic heterocycles. The highest BCUT2D eigenvalue weighted by atomic mass is 16.7. The molecule has 126 valence electrons. The number of imide groups is 1. The van der Waals surface area contributed by atoms with E-state index in [2.05, 4.69) is 4.98 Å². The van der Waals surface area contributed by atoms with Crippen molar-refractivity contribution in [2.24, 2.45) is 0 Å². The van der Waals surface area contributed by atoms with Gasteiger partial charge in [-0.05, 0) is 24.3 Å². The average Bonchev–Trinajstić information content (AvgIpc) is 2.87. The smallest absolute Gasteiger partial charge is 0.339 e. The second-order valence-corrected chi connectivity index (χ2v) is 5.39. The van der Waals surface area contributed by atoms with E-state index in [-0.39, 0.29) is 17.5 Å². The fourth-order valence-electron chi connectivity index (χ4n) is 2.60. The Balaban J connectivity index is 1.46. The third-order valence-corrected chi connectivity index (χ3v) is 3.74. The zero-order chi connectivity index (χ0) is 17.4. The van der Waals surface area contributed by atoms with Crippen LogP contribution >= 0.6 is 0 Å². The van der Waals surface area contributed by atoms with E-state index >= 15 is 0 Å². The van der Waals surface area contributed by atoms with Gasteiger partial charge in [0.1, 0.15) is 13.2 Å². The number of amides is 2. The van der Waals surface area contributed by atoms with Crippen molar-refractivity contribution >= 4 is 17.8 Å². The Hall–Kier alpha value is -3.42. The number of carbonyl (C=O) groups excluding carboxylic acids is 3. The zero-order valence-electron chi connectivity index (χ0n) is 12.9. The molecule has 0 unspecified atom stereocenters. The maximum absolute atomic E-state index is 12.2. The second kappa shape index (κ2) is 5.90. The van der Waals surface area contributed by atoms with Gasteiger partial charge in [0.25, 0.3) is 17.7 Å². The van der Waals surface area contributed by atoms with Gasteiger partial charge in [-0.3, -0.25) is 9.59 Å². The molecule has 4 rings (SSSR count). The third kappa shape index (κ3) is 2.67. The minimum atomic E-state index is -0.779. The van der Waals surface area contributed by atoms with Gasteiger partial charge in [-0.25, -0.2) is 9.78 Å². The number of hydrogen-bond donors (Lipinski definition) is 0. The molecular weight excluding hydrogens is 328 g/mol. The minimum Gasteiger partial charge on any atom is -0.484 e. The van der Waals surface area contributed by atoms with E-state index in [1.807, 2.05) is 0 Å². The van der Waals surface area contributed by atoms with Crippen LogP contribution in [0.1, 0.15) is 26.4 Å². The normalized spacial score (nSPS) is 15.1. The average molecular weight is 340 g/mol. The number of hydroxylamine groups is 2. The molecule has 2 aliphatic rings. The summed E-state index contributed by atoms with van der Waals surface area (Å²) in [5, 5.41) is 0.477. The largest absolute Gasteiger partial charge is 0.484 e. The van der Waals surface area contributed by atoms with E-state index in [1.165, 1.54) is 12.1 Å². The van der Waals surface area contributed by atoms with E-state index in [1.54, 1.807) is 24.3 Å². The highest BCUT2D eigenvalue weighted by Gasteiger charge is 2.38. The van der Waals surface area contributed by atoms with E-state index in [0.29, 0.717) is 35.6 Å². The molecule has 0 atom stereocenters. The first-order chi connectivity index (χ1) is 12.1. The van der Waals surface area contributed by atoms with Crippen LogP contribution in [0.4, 0.5) is 0 Å². The van der Waals surface area contributed by atoms with Gasteiger partial charge in [0, 0.05) is 0 Å². The van der Waals surface area contributed by atoms with Crippen LogP contribution in [0.5, 0.6) is 11.6 Å². The summed E-state index contributed by atoms with van der Waals surface area (Å²) in [7, 11) is 0. The molecule has 0 spiro atoms. The van der Waals surface area contributed by atoms with Crippen LogP contribution < -0.4 is 9.47 Å². The van der Waals surface area contributed by atoms with Crippen molar-refractivity contribution in [1.82, 2.24) is 10.0 Å². The van der Waals surface area contributed by atoms with Crippen molar-refractivity contribution in [3.8, 4) is 11.6 Å². The van der Waals surface area contributed by atoms with E-state index < -0.39 is 17.8 Å². The second-order valence-electron chi connectivity index (χ2n) is 5.39. The first-order valence-electron chi connectivity index (χ1n) is 7.57. The Bertz CT molecular complexity index is 859. The summed E-state index contributed by atoms with van der Waals surface area (Å²) in [6.07, 6.45) is -0.218. The van der Waals surface area contributed by atoms with Crippen molar-refractivity contribution in [2.45, 2.75) is 6.42 Å². The molecule has 1 aromatic heterocycles. The third-order valence-electron chi connectivity index (χ3n) is 3.74. The maximum atomic E-state index is 12.2. The molecule has 8 nitrogen and oxygen atoms in total. The SMILES string of the molecule is O=C(Cc1ccc2c(n1)OCCO2)ON1C(=O)c2ccccc2C1=O. The van der Waals surface area contributed by atoms with Crippen molar-refractivity contribution in [1.29, 1.82) is 0 Å². The van der Waals surface area contributed by atoms with Gasteiger partial charge in [0.15, 0.2) is 5.75 Å². The van der Waals surface area contributed by atoms with Gasteiger partial charge in [0.2, 0.25) is 0 Å². The lowest BCUT2D eigenvalue weighted by Gasteiger charge is -2.17. The van der Waals surface area contributed by atoms with Crippen LogP contribution in [0.2, 0.25) is 0 Å². The molecule has 0 fully saturated rings. The monoisotopic (exact) mass is 340 g/mol. The Labute approximate surface area is 141 Å². The van der Waals surface area contributed by atoms with Crippen molar-refractivity contribution in [3.63, 3.8) is 0 Å². The summed E-state index contributed by atoms with van der Waals surface area (Å²) in [6.45, 7) is 0.818. The lowest BCUT2D eigenvalue weighted by atomic mass is 10.1. The lowest BCUT2D eigenvalue weighted by Crippen LogP contribution is -2.33. The molecule has 1 aromatic carbocycles. The number of rotatable bonds is 3. The molecule has 0 saturated heterocycles. The fraction of sp³-hybridized carbons (Fsp3) is 0.176. The van der Waals surface area contributed by atoms with Gasteiger partial charge in [0.05, 0.1) is 23.2 Å². The molecule has 0 N–H and O–H groups in total. The molecule has 8 heteroatoms. The first kappa shape index (κ1) is 15.1. The lowest BCUT2D eigenvalue weighted by molar-refractivity contribution is -0.167. The van der Waals surface area contributed by atoms with Crippen molar-refractivity contribution in [2.75, 3.05) is 13.2 Å². The molecule has 2 amide bonds. The molecule has 0 radical (unpaired) electrons. The molecular formula is C17H12N2O6. The number of aromatic nitrogens is 1. The number of nitrogens with zero attached hydrogens (tertiary/aromatic N) is 2. The summed E-state index contributed by atoms with van der Waals surface area (Å²) < 4.78 is 10.7. The van der Waals surface area contributed by atoms with Crippen LogP contribution in [0, 0.1) is 0 Å². The minimum absolute atomic E-state index is 0.206. The predicted octanol–water partition coefficient (Wildman–Crippen LogP) is 1.15. The number of benzene rings is 1. The number of ether oxygens (including phenoxy) is 2. The fourth-order valence-corrected chi connectivity index (χ4v) is 2.60. The van der Waals surface area contributed by atoms with Crippen molar-refractivity contribution in [3.05, 3.63) is 53.2 Å². The first-order valence-corrected chi connectivity index (χ1v) is 7.57. The van der Waals surface area contributed by atoms with Crippen LogP contribution in [-0.4, -0.2) is 41.0 Å². The van der Waals surface area contributed by atoms with E-state index in [0.717, 1.165) is 0 Å². The maximum Gasteiger partial charge on any atom is 0.339 e. The number of hydrogen-bond acceptors (Lipinski definition) is 7. The number of pyridine rings is 1. The Kier molecular flexibility index (Phi) is 3.57. The summed E-state index contributed by atoms with van der Waals surface area (Å²) in [4.78, 5) is 45.5. The molecule has 3 heterocycles. The predicted molar refractivity (Wildman–Crippen MR) is 82.0 cm³/mol. The van der Waals surface area contributed by atoms with Crippen LogP contribution in [-0.2, 0) is 16.1 Å². The van der Waals surface area contributed by atoms with Gasteiger partial charge >= 0.3 is 5.97 Å². The van der Waals surface area contributed by atoms with E-state index in [9.17, 15) is 14.4 Å². The van der Waals surface area contributed by atoms with E-state index in [4.69, 9.17) is 14.3 Å². The molecule has 0 aliphatic carbocycles. The number of fused-ring (bicyclic) bond motifs is 2. The molecule has 0 saturated carbocycles. The van der Waals surface area contributed by atoms with Crippen LogP contribution in [0.3, 0.4) is 0 Å². The Morgan fingerprint density at radius 2 is 1.72 bits per heavy atom. The van der Waals surface area contributed by atoms with Gasteiger partial charge in [-0.2, -0.15) is 0 Å². The zero-order valence-corrected chi connectivity index (χ0v) is 12.9. The van der Waals surface area contributed by atoms with Gasteiger partial charge in [-0.15, -0.1) is 0 Å². The standard InChI is InChI=1S/C17H12N2O6/c20-14(9-10-5-6-13-15(18-10)24-8-7-23-13)25-19-16(21)11-3-1-2-4-12(11)17(19)22/h1-6H,7-9H2. The summed E-state index contributed by atoms with van der Waals surface area (Å²) in [6, 6.07) is 9.52. The summed E-state index contributed by atoms with van der Waals surface area (Å²) >= 11 is 0. The Morgan fingerprint density at radius 3 is 2.44 bits per heavy atom.